The predicted molar refractivity (Wildman–Crippen MR) is 121 cm³/mol. The molecular formula is C23H30N4O5. The van der Waals surface area contributed by atoms with Crippen molar-refractivity contribution >= 4 is 18.0 Å². The van der Waals surface area contributed by atoms with E-state index in [0.717, 1.165) is 18.6 Å². The van der Waals surface area contributed by atoms with Crippen LogP contribution in [-0.2, 0) is 0 Å². The van der Waals surface area contributed by atoms with Crippen molar-refractivity contribution in [3.05, 3.63) is 57.8 Å². The van der Waals surface area contributed by atoms with Crippen LogP contribution in [-0.4, -0.2) is 48.2 Å². The van der Waals surface area contributed by atoms with Crippen molar-refractivity contribution in [3.8, 4) is 5.75 Å². The number of hydrogen-bond acceptors (Lipinski definition) is 7. The number of carbonyl (C=O) groups is 1. The highest BCUT2D eigenvalue weighted by Crippen LogP contribution is 2.15. The number of nitrogens with one attached hydrogen (secondary N) is 1. The molecule has 0 radical (unpaired) electrons. The Balaban J connectivity index is 1.29. The van der Waals surface area contributed by atoms with Gasteiger partial charge in [0, 0.05) is 5.56 Å². The Hall–Kier alpha value is -3.20. The number of likely N-dealkylation sites (tertiary alicyclic amines) is 1. The van der Waals surface area contributed by atoms with E-state index in [1.54, 1.807) is 24.3 Å². The lowest BCUT2D eigenvalue weighted by molar-refractivity contribution is -0.402. The smallest absolute Gasteiger partial charge is 0.433 e. The van der Waals surface area contributed by atoms with Crippen molar-refractivity contribution in [1.82, 2.24) is 10.3 Å². The van der Waals surface area contributed by atoms with Gasteiger partial charge in [-0.1, -0.05) is 19.3 Å². The van der Waals surface area contributed by atoms with Gasteiger partial charge in [-0.25, -0.2) is 5.43 Å². The minimum absolute atomic E-state index is 0.173. The molecule has 2 heterocycles. The lowest BCUT2D eigenvalue weighted by atomic mass is 10.1. The third kappa shape index (κ3) is 7.81. The monoisotopic (exact) mass is 442 g/mol. The molecule has 1 N–H and O–H groups in total. The number of hydrogen-bond donors (Lipinski definition) is 1. The molecule has 1 aromatic heterocycles. The average Bonchev–Trinajstić information content (AvgIpc) is 3.29. The van der Waals surface area contributed by atoms with Gasteiger partial charge in [-0.2, -0.15) is 5.10 Å². The fourth-order valence-electron chi connectivity index (χ4n) is 3.60. The number of ether oxygens (including phenoxy) is 1. The van der Waals surface area contributed by atoms with Crippen LogP contribution >= 0.6 is 0 Å². The molecule has 0 spiro atoms. The van der Waals surface area contributed by atoms with Gasteiger partial charge in [0.2, 0.25) is 0 Å². The van der Waals surface area contributed by atoms with Crippen LogP contribution in [0.3, 0.4) is 0 Å². The second kappa shape index (κ2) is 12.6. The summed E-state index contributed by atoms with van der Waals surface area (Å²) in [5.41, 5.74) is 2.79. The second-order valence-electron chi connectivity index (χ2n) is 7.82. The Bertz CT molecular complexity index is 888. The molecule has 1 saturated heterocycles. The maximum atomic E-state index is 12.1. The van der Waals surface area contributed by atoms with Crippen molar-refractivity contribution in [2.45, 2.75) is 44.9 Å². The van der Waals surface area contributed by atoms with E-state index in [1.807, 2.05) is 0 Å². The highest BCUT2D eigenvalue weighted by Gasteiger charge is 2.11. The Kier molecular flexibility index (Phi) is 9.24. The summed E-state index contributed by atoms with van der Waals surface area (Å²) in [5.74, 6) is 0.113. The summed E-state index contributed by atoms with van der Waals surface area (Å²) in [7, 11) is 0. The third-order valence-electron chi connectivity index (χ3n) is 5.35. The van der Waals surface area contributed by atoms with Gasteiger partial charge in [-0.3, -0.25) is 14.9 Å². The lowest BCUT2D eigenvalue weighted by Gasteiger charge is -2.26. The number of carbonyl (C=O) groups excluding carboxylic acids is 1. The van der Waals surface area contributed by atoms with Crippen molar-refractivity contribution in [2.24, 2.45) is 5.10 Å². The summed E-state index contributed by atoms with van der Waals surface area (Å²) in [6.07, 6.45) is 9.93. The molecule has 1 aromatic carbocycles. The zero-order valence-corrected chi connectivity index (χ0v) is 18.2. The van der Waals surface area contributed by atoms with E-state index in [4.69, 9.17) is 9.15 Å². The predicted octanol–water partition coefficient (Wildman–Crippen LogP) is 4.38. The van der Waals surface area contributed by atoms with Crippen molar-refractivity contribution in [2.75, 3.05) is 26.2 Å². The molecule has 2 aromatic rings. The van der Waals surface area contributed by atoms with Crippen LogP contribution in [0.1, 0.15) is 61.1 Å². The zero-order chi connectivity index (χ0) is 22.6. The van der Waals surface area contributed by atoms with Gasteiger partial charge >= 0.3 is 5.88 Å². The minimum Gasteiger partial charge on any atom is -0.494 e. The number of piperidine rings is 1. The van der Waals surface area contributed by atoms with Gasteiger partial charge in [-0.05, 0) is 75.6 Å². The summed E-state index contributed by atoms with van der Waals surface area (Å²) >= 11 is 0. The van der Waals surface area contributed by atoms with E-state index in [0.29, 0.717) is 12.2 Å². The van der Waals surface area contributed by atoms with Gasteiger partial charge < -0.3 is 14.1 Å². The molecule has 32 heavy (non-hydrogen) atoms. The van der Waals surface area contributed by atoms with Gasteiger partial charge in [0.15, 0.2) is 5.76 Å². The van der Waals surface area contributed by atoms with Gasteiger partial charge in [-0.15, -0.1) is 0 Å². The average molecular weight is 443 g/mol. The van der Waals surface area contributed by atoms with E-state index in [9.17, 15) is 14.9 Å². The highest BCUT2D eigenvalue weighted by atomic mass is 16.6. The van der Waals surface area contributed by atoms with E-state index < -0.39 is 10.8 Å². The Labute approximate surface area is 187 Å². The van der Waals surface area contributed by atoms with Crippen LogP contribution in [0.5, 0.6) is 5.75 Å². The fourth-order valence-corrected chi connectivity index (χ4v) is 3.60. The second-order valence-corrected chi connectivity index (χ2v) is 7.82. The summed E-state index contributed by atoms with van der Waals surface area (Å²) in [5, 5.41) is 14.3. The van der Waals surface area contributed by atoms with Gasteiger partial charge in [0.25, 0.3) is 5.91 Å². The molecule has 0 aliphatic carbocycles. The molecule has 1 aliphatic rings. The van der Waals surface area contributed by atoms with Crippen molar-refractivity contribution in [1.29, 1.82) is 0 Å². The van der Waals surface area contributed by atoms with Crippen LogP contribution in [0.15, 0.2) is 45.9 Å². The Morgan fingerprint density at radius 2 is 1.84 bits per heavy atom. The number of furan rings is 1. The molecule has 0 atom stereocenters. The van der Waals surface area contributed by atoms with Crippen LogP contribution < -0.4 is 10.2 Å². The normalized spacial score (nSPS) is 14.5. The van der Waals surface area contributed by atoms with Crippen molar-refractivity contribution in [3.63, 3.8) is 0 Å². The van der Waals surface area contributed by atoms with E-state index in [2.05, 4.69) is 15.4 Å². The molecule has 1 amide bonds. The maximum Gasteiger partial charge on any atom is 0.433 e. The first-order valence-electron chi connectivity index (χ1n) is 11.1. The number of unbranched alkanes of at least 4 members (excludes halogenated alkanes) is 3. The lowest BCUT2D eigenvalue weighted by Crippen LogP contribution is -2.30. The zero-order valence-electron chi connectivity index (χ0n) is 18.2. The first kappa shape index (κ1) is 23.5. The molecule has 0 unspecified atom stereocenters. The number of amides is 1. The van der Waals surface area contributed by atoms with Crippen molar-refractivity contribution < 1.29 is 18.9 Å². The number of nitro groups is 1. The maximum absolute atomic E-state index is 12.1. The van der Waals surface area contributed by atoms with Crippen LogP contribution in [0.4, 0.5) is 5.88 Å². The topological polar surface area (TPSA) is 110 Å². The quantitative estimate of drug-likeness (QED) is 0.226. The first-order chi connectivity index (χ1) is 15.6. The number of rotatable bonds is 12. The van der Waals surface area contributed by atoms with Crippen LogP contribution in [0.25, 0.3) is 0 Å². The molecule has 9 nitrogen and oxygen atoms in total. The Morgan fingerprint density at radius 1 is 1.09 bits per heavy atom. The van der Waals surface area contributed by atoms with Crippen LogP contribution in [0, 0.1) is 10.1 Å². The summed E-state index contributed by atoms with van der Waals surface area (Å²) in [4.78, 5) is 24.6. The number of hydrazone groups is 1. The standard InChI is InChI=1S/C23H30N4O5/c28-23(25-24-18-21-12-13-22(32-21)27(29)30)19-8-10-20(11-9-19)31-17-7-2-1-4-14-26-15-5-3-6-16-26/h8-13,18H,1-7,14-17H2,(H,25,28)/b24-18+. The largest absolute Gasteiger partial charge is 0.494 e. The van der Waals surface area contributed by atoms with E-state index >= 15 is 0 Å². The molecule has 0 saturated carbocycles. The SMILES string of the molecule is O=C(N/N=C/c1ccc([N+](=O)[O-])o1)c1ccc(OCCCCCCN2CCCCC2)cc1. The molecule has 1 fully saturated rings. The first-order valence-corrected chi connectivity index (χ1v) is 11.1. The van der Waals surface area contributed by atoms with E-state index in [1.165, 1.54) is 70.1 Å². The summed E-state index contributed by atoms with van der Waals surface area (Å²) in [6.45, 7) is 4.40. The third-order valence-corrected chi connectivity index (χ3v) is 5.35. The summed E-state index contributed by atoms with van der Waals surface area (Å²) < 4.78 is 10.7. The van der Waals surface area contributed by atoms with E-state index in [-0.39, 0.29) is 11.6 Å². The number of benzene rings is 1. The fraction of sp³-hybridized carbons (Fsp3) is 0.478. The highest BCUT2D eigenvalue weighted by molar-refractivity contribution is 5.94. The molecular weight excluding hydrogens is 412 g/mol. The minimum atomic E-state index is -0.643. The van der Waals surface area contributed by atoms with Crippen LogP contribution in [0.2, 0.25) is 0 Å². The molecule has 9 heteroatoms. The molecule has 0 bridgehead atoms. The molecule has 3 rings (SSSR count). The molecule has 172 valence electrons. The van der Waals surface area contributed by atoms with Gasteiger partial charge in [0.1, 0.15) is 10.7 Å². The number of nitrogens with zero attached hydrogens (tertiary/aromatic N) is 3. The van der Waals surface area contributed by atoms with Gasteiger partial charge in [0.05, 0.1) is 18.9 Å². The summed E-state index contributed by atoms with van der Waals surface area (Å²) in [6, 6.07) is 9.45. The molecule has 1 aliphatic heterocycles. The Morgan fingerprint density at radius 3 is 2.56 bits per heavy atom.